The van der Waals surface area contributed by atoms with Gasteiger partial charge in [-0.05, 0) is 0 Å². The largest absolute Gasteiger partial charge is 0.199 e. The minimum Gasteiger partial charge on any atom is -0.147 e. The number of hydrogen-bond donors (Lipinski definition) is 0. The van der Waals surface area contributed by atoms with Crippen LogP contribution in [0.15, 0.2) is 0 Å². The summed E-state index contributed by atoms with van der Waals surface area (Å²) in [5.41, 5.74) is 0. The highest BCUT2D eigenvalue weighted by molar-refractivity contribution is 6.35. The van der Waals surface area contributed by atoms with E-state index in [0.717, 1.165) is 15.2 Å². The van der Waals surface area contributed by atoms with Crippen LogP contribution in [0.4, 0.5) is 0 Å². The summed E-state index contributed by atoms with van der Waals surface area (Å²) in [7, 11) is 0. The fraction of sp³-hybridized carbons (Fsp3) is 1.00. The molecule has 49 valence electrons. The molecular formula is C6H15AlCl. The fourth-order valence-electron chi connectivity index (χ4n) is 0.553. The normalized spacial score (nSPS) is 7.75. The molecule has 8 heavy (non-hydrogen) atoms. The quantitative estimate of drug-likeness (QED) is 0.426. The lowest BCUT2D eigenvalue weighted by atomic mass is 10.6. The van der Waals surface area contributed by atoms with Crippen molar-refractivity contribution >= 4 is 27.6 Å². The van der Waals surface area contributed by atoms with Crippen molar-refractivity contribution in [1.29, 1.82) is 0 Å². The van der Waals surface area contributed by atoms with E-state index in [1.54, 1.807) is 0 Å². The number of rotatable bonds is 4. The van der Waals surface area contributed by atoms with E-state index in [-0.39, 0.29) is 12.4 Å². The SMILES string of the molecule is CC[CH2][Al][CH2]CC.Cl. The Labute approximate surface area is 65.2 Å². The molecule has 1 radical (unpaired) electrons. The predicted octanol–water partition coefficient (Wildman–Crippen LogP) is 2.77. The van der Waals surface area contributed by atoms with Crippen LogP contribution in [0.25, 0.3) is 0 Å². The molecule has 0 saturated carbocycles. The Morgan fingerprint density at radius 3 is 1.62 bits per heavy atom. The standard InChI is InChI=1S/2C3H7.Al.ClH/c2*1-3-2;;/h2*1,3H2,2H3;;1H. The lowest BCUT2D eigenvalue weighted by molar-refractivity contribution is 1.02. The highest BCUT2D eigenvalue weighted by atomic mass is 35.5. The average molecular weight is 150 g/mol. The molecule has 0 aliphatic rings. The summed E-state index contributed by atoms with van der Waals surface area (Å²) >= 11 is 0.822. The summed E-state index contributed by atoms with van der Waals surface area (Å²) in [6, 6.07) is 0. The maximum Gasteiger partial charge on any atom is 0.199 e. The molecule has 0 rings (SSSR count). The molecule has 0 unspecified atom stereocenters. The molecule has 0 saturated heterocycles. The van der Waals surface area contributed by atoms with Crippen LogP contribution in [0, 0.1) is 0 Å². The van der Waals surface area contributed by atoms with Gasteiger partial charge < -0.3 is 0 Å². The first-order chi connectivity index (χ1) is 3.41. The zero-order valence-electron chi connectivity index (χ0n) is 5.81. The van der Waals surface area contributed by atoms with Gasteiger partial charge in [0.1, 0.15) is 0 Å². The van der Waals surface area contributed by atoms with Gasteiger partial charge in [-0.3, -0.25) is 0 Å². The molecule has 0 heterocycles. The maximum atomic E-state index is 2.27. The summed E-state index contributed by atoms with van der Waals surface area (Å²) in [6.45, 7) is 4.53. The Hall–Kier alpha value is 0.822. The first-order valence-electron chi connectivity index (χ1n) is 3.23. The fourth-order valence-corrected chi connectivity index (χ4v) is 1.66. The van der Waals surface area contributed by atoms with Crippen molar-refractivity contribution in [1.82, 2.24) is 0 Å². The van der Waals surface area contributed by atoms with Gasteiger partial charge in [-0.2, -0.15) is 0 Å². The summed E-state index contributed by atoms with van der Waals surface area (Å²) in [5.74, 6) is 0. The highest BCUT2D eigenvalue weighted by Gasteiger charge is 1.84. The van der Waals surface area contributed by atoms with Crippen molar-refractivity contribution in [3.8, 4) is 0 Å². The predicted molar refractivity (Wildman–Crippen MR) is 43.2 cm³/mol. The van der Waals surface area contributed by atoms with E-state index >= 15 is 0 Å². The van der Waals surface area contributed by atoms with Crippen LogP contribution in [0.5, 0.6) is 0 Å². The molecule has 0 aromatic carbocycles. The molecule has 0 fully saturated rings. The molecule has 0 spiro atoms. The van der Waals surface area contributed by atoms with Crippen LogP contribution in [0.2, 0.25) is 10.6 Å². The van der Waals surface area contributed by atoms with Gasteiger partial charge in [-0.25, -0.2) is 0 Å². The second kappa shape index (κ2) is 10.7. The van der Waals surface area contributed by atoms with Crippen molar-refractivity contribution in [2.75, 3.05) is 0 Å². The van der Waals surface area contributed by atoms with Gasteiger partial charge in [0.15, 0.2) is 15.2 Å². The highest BCUT2D eigenvalue weighted by Crippen LogP contribution is 1.92. The van der Waals surface area contributed by atoms with Gasteiger partial charge in [0.25, 0.3) is 0 Å². The second-order valence-corrected chi connectivity index (χ2v) is 3.60. The van der Waals surface area contributed by atoms with Crippen molar-refractivity contribution in [3.05, 3.63) is 0 Å². The molecule has 2 heteroatoms. The van der Waals surface area contributed by atoms with Crippen LogP contribution in [0.3, 0.4) is 0 Å². The number of hydrogen-bond acceptors (Lipinski definition) is 0. The van der Waals surface area contributed by atoms with Crippen molar-refractivity contribution in [3.63, 3.8) is 0 Å². The summed E-state index contributed by atoms with van der Waals surface area (Å²) in [6.07, 6.45) is 2.80. The van der Waals surface area contributed by atoms with Crippen molar-refractivity contribution in [2.24, 2.45) is 0 Å². The van der Waals surface area contributed by atoms with Gasteiger partial charge in [0, 0.05) is 0 Å². The van der Waals surface area contributed by atoms with Crippen LogP contribution in [0.1, 0.15) is 26.7 Å². The van der Waals surface area contributed by atoms with Crippen LogP contribution >= 0.6 is 12.4 Å². The third kappa shape index (κ3) is 9.95. The van der Waals surface area contributed by atoms with E-state index in [9.17, 15) is 0 Å². The molecule has 0 N–H and O–H groups in total. The first kappa shape index (κ1) is 11.6. The molecule has 0 aliphatic heterocycles. The van der Waals surface area contributed by atoms with Gasteiger partial charge in [0.05, 0.1) is 0 Å². The zero-order chi connectivity index (χ0) is 5.54. The van der Waals surface area contributed by atoms with Crippen LogP contribution in [-0.4, -0.2) is 15.2 Å². The van der Waals surface area contributed by atoms with Crippen molar-refractivity contribution in [2.45, 2.75) is 37.3 Å². The summed E-state index contributed by atoms with van der Waals surface area (Å²) < 4.78 is 0. The Morgan fingerprint density at radius 1 is 1.00 bits per heavy atom. The molecule has 0 aliphatic carbocycles. The van der Waals surface area contributed by atoms with E-state index in [1.165, 1.54) is 23.4 Å². The third-order valence-electron chi connectivity index (χ3n) is 0.986. The Bertz CT molecular complexity index is 27.7. The average Bonchev–Trinajstić information content (AvgIpc) is 1.69. The number of halogens is 1. The second-order valence-electron chi connectivity index (χ2n) is 1.87. The third-order valence-corrected chi connectivity index (χ3v) is 2.96. The Kier molecular flexibility index (Phi) is 15.6. The molecule has 0 aromatic heterocycles. The van der Waals surface area contributed by atoms with E-state index < -0.39 is 0 Å². The van der Waals surface area contributed by atoms with E-state index in [4.69, 9.17) is 0 Å². The van der Waals surface area contributed by atoms with Crippen LogP contribution in [-0.2, 0) is 0 Å². The maximum absolute atomic E-state index is 2.27. The monoisotopic (exact) mass is 149 g/mol. The smallest absolute Gasteiger partial charge is 0.147 e. The van der Waals surface area contributed by atoms with Crippen LogP contribution < -0.4 is 0 Å². The Morgan fingerprint density at radius 2 is 1.38 bits per heavy atom. The van der Waals surface area contributed by atoms with Gasteiger partial charge in [-0.15, -0.1) is 23.0 Å². The lowest BCUT2D eigenvalue weighted by Crippen LogP contribution is -1.84. The zero-order valence-corrected chi connectivity index (χ0v) is 7.79. The molecule has 0 bridgehead atoms. The Balaban J connectivity index is 0. The molecule has 0 nitrogen and oxygen atoms in total. The van der Waals surface area contributed by atoms with Gasteiger partial charge in [0.2, 0.25) is 0 Å². The van der Waals surface area contributed by atoms with Crippen molar-refractivity contribution < 1.29 is 0 Å². The lowest BCUT2D eigenvalue weighted by Gasteiger charge is -1.87. The van der Waals surface area contributed by atoms with E-state index in [2.05, 4.69) is 13.8 Å². The van der Waals surface area contributed by atoms with E-state index in [1.807, 2.05) is 0 Å². The molecule has 0 aromatic rings. The van der Waals surface area contributed by atoms with Gasteiger partial charge in [-0.1, -0.05) is 26.7 Å². The van der Waals surface area contributed by atoms with E-state index in [0.29, 0.717) is 0 Å². The molecular weight excluding hydrogens is 135 g/mol. The minimum atomic E-state index is 0. The topological polar surface area (TPSA) is 0 Å². The minimum absolute atomic E-state index is 0. The summed E-state index contributed by atoms with van der Waals surface area (Å²) in [5, 5.41) is 3.02. The molecule has 0 atom stereocenters. The van der Waals surface area contributed by atoms with Gasteiger partial charge >= 0.3 is 0 Å². The first-order valence-corrected chi connectivity index (χ1v) is 4.86. The molecule has 0 amide bonds. The summed E-state index contributed by atoms with van der Waals surface area (Å²) in [4.78, 5) is 0.